The standard InChI is InChI=1S/C31H56.C4H5.CH4/c1-8-10-11-12-13-14-15-16-17-18-19-20-21-22-23-24-28(5)26-29(6)30(7)31(9-2)25-27(3)4;1-4-2-3-4;/h5,16-17,29-31H,2-3,8-15,18-26H2,1,4,6-7H3;2H,1,3H2;1H4/b17-16-,28-5?;;/t29?,30?,31-;;/m1../s1. The van der Waals surface area contributed by atoms with E-state index in [1.54, 1.807) is 0 Å². The lowest BCUT2D eigenvalue weighted by Crippen LogP contribution is -2.19. The van der Waals surface area contributed by atoms with Crippen LogP contribution in [0.4, 0.5) is 0 Å². The maximum Gasteiger partial charge on any atom is -0.00998 e. The van der Waals surface area contributed by atoms with E-state index in [-0.39, 0.29) is 7.43 Å². The zero-order chi connectivity index (χ0) is 26.3. The highest BCUT2D eigenvalue weighted by Gasteiger charge is 2.21. The summed E-state index contributed by atoms with van der Waals surface area (Å²) in [5, 5.41) is 0. The Bertz CT molecular complexity index is 557. The monoisotopic (exact) mass is 498 g/mol. The largest absolute Gasteiger partial charge is 0.100 e. The first-order valence-electron chi connectivity index (χ1n) is 15.0. The van der Waals surface area contributed by atoms with Crippen molar-refractivity contribution in [3.63, 3.8) is 0 Å². The van der Waals surface area contributed by atoms with Crippen LogP contribution in [0.25, 0.3) is 0 Å². The first-order chi connectivity index (χ1) is 16.8. The fourth-order valence-corrected chi connectivity index (χ4v) is 4.66. The van der Waals surface area contributed by atoms with Crippen LogP contribution in [0.2, 0.25) is 0 Å². The lowest BCUT2D eigenvalue weighted by atomic mass is 9.77. The molecule has 0 heterocycles. The zero-order valence-corrected chi connectivity index (χ0v) is 24.4. The Labute approximate surface area is 230 Å². The lowest BCUT2D eigenvalue weighted by molar-refractivity contribution is 0.257. The van der Waals surface area contributed by atoms with Gasteiger partial charge in [0.15, 0.2) is 0 Å². The van der Waals surface area contributed by atoms with Gasteiger partial charge in [-0.15, -0.1) is 6.58 Å². The Hall–Kier alpha value is -1.04. The van der Waals surface area contributed by atoms with E-state index in [1.165, 1.54) is 107 Å². The molecule has 3 radical (unpaired) electrons. The van der Waals surface area contributed by atoms with Gasteiger partial charge in [0.2, 0.25) is 0 Å². The molecule has 0 nitrogen and oxygen atoms in total. The summed E-state index contributed by atoms with van der Waals surface area (Å²) in [6.45, 7) is 27.4. The first-order valence-corrected chi connectivity index (χ1v) is 15.0. The minimum atomic E-state index is 0. The van der Waals surface area contributed by atoms with Crippen molar-refractivity contribution >= 4 is 0 Å². The van der Waals surface area contributed by atoms with Gasteiger partial charge >= 0.3 is 0 Å². The Morgan fingerprint density at radius 2 is 1.39 bits per heavy atom. The van der Waals surface area contributed by atoms with Crippen LogP contribution in [0.1, 0.15) is 151 Å². The van der Waals surface area contributed by atoms with Gasteiger partial charge in [0, 0.05) is 0 Å². The van der Waals surface area contributed by atoms with Crippen LogP contribution in [0.15, 0.2) is 42.0 Å². The number of hydrogen-bond acceptors (Lipinski definition) is 0. The molecule has 0 spiro atoms. The van der Waals surface area contributed by atoms with Crippen LogP contribution < -0.4 is 0 Å². The van der Waals surface area contributed by atoms with Gasteiger partial charge in [0.05, 0.1) is 0 Å². The molecule has 1 aliphatic carbocycles. The SMILES string of the molecule is C.C=C1[CH]C1.[CH]=C(CCCCCCC/C=C\CCCCCCCC)CC(C)C(C)[C@H](C[CH2])CC(=C)C. The van der Waals surface area contributed by atoms with Gasteiger partial charge in [-0.25, -0.2) is 0 Å². The maximum atomic E-state index is 6.38. The van der Waals surface area contributed by atoms with Crippen molar-refractivity contribution in [2.75, 3.05) is 0 Å². The van der Waals surface area contributed by atoms with Crippen molar-refractivity contribution in [2.24, 2.45) is 17.8 Å². The molecular formula is C36H65. The highest BCUT2D eigenvalue weighted by atomic mass is 14.3. The molecule has 1 fully saturated rings. The second-order valence-electron chi connectivity index (χ2n) is 11.3. The molecule has 0 heteroatoms. The fraction of sp³-hybridized carbons (Fsp3) is 0.722. The summed E-state index contributed by atoms with van der Waals surface area (Å²) in [6, 6.07) is 0. The summed E-state index contributed by atoms with van der Waals surface area (Å²) in [5.74, 6) is 1.93. The number of allylic oxidation sites excluding steroid dienone is 5. The predicted molar refractivity (Wildman–Crippen MR) is 168 cm³/mol. The quantitative estimate of drug-likeness (QED) is 0.103. The van der Waals surface area contributed by atoms with Crippen LogP contribution in [-0.4, -0.2) is 0 Å². The van der Waals surface area contributed by atoms with Gasteiger partial charge in [-0.1, -0.05) is 129 Å². The van der Waals surface area contributed by atoms with E-state index in [0.717, 1.165) is 25.7 Å². The van der Waals surface area contributed by atoms with E-state index in [9.17, 15) is 0 Å². The Kier molecular flexibility index (Phi) is 26.4. The van der Waals surface area contributed by atoms with Crippen molar-refractivity contribution in [3.05, 3.63) is 62.0 Å². The van der Waals surface area contributed by atoms with Crippen LogP contribution in [0.3, 0.4) is 0 Å². The average Bonchev–Trinajstić information content (AvgIpc) is 3.61. The number of rotatable bonds is 22. The second kappa shape index (κ2) is 25.6. The van der Waals surface area contributed by atoms with Crippen LogP contribution in [0, 0.1) is 37.7 Å². The van der Waals surface area contributed by atoms with Gasteiger partial charge in [-0.3, -0.25) is 0 Å². The third-order valence-electron chi connectivity index (χ3n) is 7.46. The Morgan fingerprint density at radius 1 is 0.917 bits per heavy atom. The van der Waals surface area contributed by atoms with Crippen molar-refractivity contribution in [1.29, 1.82) is 0 Å². The predicted octanol–water partition coefficient (Wildman–Crippen LogP) is 12.6. The molecule has 3 atom stereocenters. The molecule has 0 aromatic heterocycles. The summed E-state index contributed by atoms with van der Waals surface area (Å²) in [7, 11) is 0. The molecule has 0 aliphatic heterocycles. The van der Waals surface area contributed by atoms with Gasteiger partial charge in [-0.05, 0) is 95.3 Å². The first kappa shape index (κ1) is 37.1. The molecule has 0 bridgehead atoms. The summed E-state index contributed by atoms with van der Waals surface area (Å²) in [6.07, 6.45) is 29.9. The molecule has 2 unspecified atom stereocenters. The molecular weight excluding hydrogens is 432 g/mol. The molecule has 1 aliphatic rings. The van der Waals surface area contributed by atoms with Crippen LogP contribution in [0.5, 0.6) is 0 Å². The van der Waals surface area contributed by atoms with Crippen molar-refractivity contribution in [2.45, 2.75) is 151 Å². The third kappa shape index (κ3) is 24.6. The third-order valence-corrected chi connectivity index (χ3v) is 7.46. The highest BCUT2D eigenvalue weighted by molar-refractivity contribution is 5.27. The molecule has 0 amide bonds. The highest BCUT2D eigenvalue weighted by Crippen LogP contribution is 2.32. The molecule has 1 saturated carbocycles. The molecule has 36 heavy (non-hydrogen) atoms. The van der Waals surface area contributed by atoms with Crippen LogP contribution >= 0.6 is 0 Å². The lowest BCUT2D eigenvalue weighted by Gasteiger charge is -2.29. The molecule has 0 saturated heterocycles. The molecule has 0 N–H and O–H groups in total. The Morgan fingerprint density at radius 3 is 1.83 bits per heavy atom. The summed E-state index contributed by atoms with van der Waals surface area (Å²) in [5.41, 5.74) is 3.77. The van der Waals surface area contributed by atoms with E-state index in [1.807, 2.05) is 0 Å². The fourth-order valence-electron chi connectivity index (χ4n) is 4.66. The number of unbranched alkanes of at least 4 members (excludes halogenated alkanes) is 11. The minimum absolute atomic E-state index is 0. The average molecular weight is 498 g/mol. The van der Waals surface area contributed by atoms with E-state index in [2.05, 4.69) is 66.3 Å². The molecule has 0 aromatic carbocycles. The molecule has 209 valence electrons. The van der Waals surface area contributed by atoms with E-state index >= 15 is 0 Å². The van der Waals surface area contributed by atoms with Gasteiger partial charge in [0.25, 0.3) is 0 Å². The van der Waals surface area contributed by atoms with Crippen LogP contribution in [-0.2, 0) is 0 Å². The minimum Gasteiger partial charge on any atom is -0.100 e. The summed E-state index contributed by atoms with van der Waals surface area (Å²) in [4.78, 5) is 0. The van der Waals surface area contributed by atoms with Crippen molar-refractivity contribution < 1.29 is 0 Å². The molecule has 1 rings (SSSR count). The van der Waals surface area contributed by atoms with E-state index < -0.39 is 0 Å². The van der Waals surface area contributed by atoms with Crippen molar-refractivity contribution in [1.82, 2.24) is 0 Å². The van der Waals surface area contributed by atoms with E-state index in [4.69, 9.17) is 6.58 Å². The maximum absolute atomic E-state index is 6.38. The van der Waals surface area contributed by atoms with E-state index in [0.29, 0.717) is 17.8 Å². The Balaban J connectivity index is 0. The number of hydrogen-bond donors (Lipinski definition) is 0. The van der Waals surface area contributed by atoms with Crippen molar-refractivity contribution in [3.8, 4) is 0 Å². The van der Waals surface area contributed by atoms with Gasteiger partial charge in [0.1, 0.15) is 0 Å². The summed E-state index contributed by atoms with van der Waals surface area (Å²) < 4.78 is 0. The van der Waals surface area contributed by atoms with Gasteiger partial charge < -0.3 is 0 Å². The zero-order valence-electron chi connectivity index (χ0n) is 24.4. The summed E-state index contributed by atoms with van der Waals surface area (Å²) >= 11 is 0. The normalized spacial score (nSPS) is 15.0. The topological polar surface area (TPSA) is 0 Å². The molecule has 0 aromatic rings. The smallest absolute Gasteiger partial charge is 0.00998 e. The second-order valence-corrected chi connectivity index (χ2v) is 11.3. The van der Waals surface area contributed by atoms with Gasteiger partial charge in [-0.2, -0.15) is 0 Å².